The van der Waals surface area contributed by atoms with Crippen LogP contribution in [0.5, 0.6) is 0 Å². The van der Waals surface area contributed by atoms with Gasteiger partial charge in [-0.25, -0.2) is 0 Å². The number of carbonyl (C=O) groups is 1. The van der Waals surface area contributed by atoms with E-state index < -0.39 is 6.04 Å². The normalized spacial score (nSPS) is 36.7. The molecule has 0 unspecified atom stereocenters. The molecule has 1 saturated carbocycles. The van der Waals surface area contributed by atoms with Gasteiger partial charge in [-0.2, -0.15) is 0 Å². The molecule has 1 saturated heterocycles. The fourth-order valence-electron chi connectivity index (χ4n) is 3.13. The Bertz CT molecular complexity index is 267. The summed E-state index contributed by atoms with van der Waals surface area (Å²) in [6.45, 7) is 3.43. The van der Waals surface area contributed by atoms with Gasteiger partial charge in [0.1, 0.15) is 0 Å². The molecule has 4 heteroatoms. The maximum absolute atomic E-state index is 11.8. The lowest BCUT2D eigenvalue weighted by Crippen LogP contribution is -2.42. The van der Waals surface area contributed by atoms with Crippen LogP contribution in [0.3, 0.4) is 0 Å². The summed E-state index contributed by atoms with van der Waals surface area (Å²) in [6, 6.07) is -0.417. The van der Waals surface area contributed by atoms with Gasteiger partial charge >= 0.3 is 0 Å². The third-order valence-corrected chi connectivity index (χ3v) is 4.06. The van der Waals surface area contributed by atoms with Crippen molar-refractivity contribution < 1.29 is 9.90 Å². The molecule has 2 fully saturated rings. The van der Waals surface area contributed by atoms with Gasteiger partial charge in [0.25, 0.3) is 0 Å². The molecule has 15 heavy (non-hydrogen) atoms. The minimum Gasteiger partial charge on any atom is -0.396 e. The molecule has 4 nitrogen and oxygen atoms in total. The summed E-state index contributed by atoms with van der Waals surface area (Å²) < 4.78 is 0. The second-order valence-electron chi connectivity index (χ2n) is 5.12. The van der Waals surface area contributed by atoms with Crippen molar-refractivity contribution >= 4 is 5.91 Å². The van der Waals surface area contributed by atoms with Crippen LogP contribution in [0.15, 0.2) is 0 Å². The van der Waals surface area contributed by atoms with Gasteiger partial charge in [-0.05, 0) is 25.7 Å². The Hall–Kier alpha value is -0.610. The summed E-state index contributed by atoms with van der Waals surface area (Å²) in [4.78, 5) is 13.6. The number of aliphatic hydroxyl groups excluding tert-OH is 1. The van der Waals surface area contributed by atoms with E-state index >= 15 is 0 Å². The van der Waals surface area contributed by atoms with E-state index in [2.05, 4.69) is 0 Å². The van der Waals surface area contributed by atoms with Crippen molar-refractivity contribution in [2.45, 2.75) is 32.2 Å². The smallest absolute Gasteiger partial charge is 0.239 e. The van der Waals surface area contributed by atoms with E-state index in [1.54, 1.807) is 6.92 Å². The number of nitrogens with zero attached hydrogens (tertiary/aromatic N) is 1. The van der Waals surface area contributed by atoms with E-state index in [4.69, 9.17) is 5.73 Å². The Balaban J connectivity index is 2.08. The van der Waals surface area contributed by atoms with E-state index in [-0.39, 0.29) is 17.9 Å². The zero-order chi connectivity index (χ0) is 11.1. The number of amides is 1. The second kappa shape index (κ2) is 3.76. The van der Waals surface area contributed by atoms with Gasteiger partial charge in [-0.15, -0.1) is 0 Å². The van der Waals surface area contributed by atoms with Gasteiger partial charge in [-0.3, -0.25) is 4.79 Å². The quantitative estimate of drug-likeness (QED) is 0.674. The molecule has 1 aliphatic carbocycles. The van der Waals surface area contributed by atoms with Crippen molar-refractivity contribution in [1.29, 1.82) is 0 Å². The summed E-state index contributed by atoms with van der Waals surface area (Å²) in [5.74, 6) is 0.516. The van der Waals surface area contributed by atoms with Crippen LogP contribution in [0, 0.1) is 11.3 Å². The van der Waals surface area contributed by atoms with Gasteiger partial charge in [0.2, 0.25) is 5.91 Å². The number of aliphatic hydroxyl groups is 1. The van der Waals surface area contributed by atoms with Gasteiger partial charge in [0, 0.05) is 18.5 Å². The largest absolute Gasteiger partial charge is 0.396 e. The maximum atomic E-state index is 11.8. The molecule has 0 radical (unpaired) electrons. The van der Waals surface area contributed by atoms with Crippen molar-refractivity contribution in [3.63, 3.8) is 0 Å². The van der Waals surface area contributed by atoms with E-state index in [0.29, 0.717) is 12.5 Å². The van der Waals surface area contributed by atoms with Gasteiger partial charge < -0.3 is 15.7 Å². The second-order valence-corrected chi connectivity index (χ2v) is 5.12. The highest BCUT2D eigenvalue weighted by Gasteiger charge is 2.50. The Morgan fingerprint density at radius 2 is 2.47 bits per heavy atom. The molecule has 0 bridgehead atoms. The summed E-state index contributed by atoms with van der Waals surface area (Å²) in [5, 5.41) is 9.50. The molecule has 0 aromatic rings. The lowest BCUT2D eigenvalue weighted by atomic mass is 9.82. The van der Waals surface area contributed by atoms with E-state index in [1.807, 2.05) is 4.90 Å². The Morgan fingerprint density at radius 3 is 3.00 bits per heavy atom. The Labute approximate surface area is 90.4 Å². The first-order chi connectivity index (χ1) is 7.09. The van der Waals surface area contributed by atoms with Gasteiger partial charge in [0.05, 0.1) is 12.6 Å². The Morgan fingerprint density at radius 1 is 1.73 bits per heavy atom. The molecule has 2 aliphatic rings. The summed E-state index contributed by atoms with van der Waals surface area (Å²) >= 11 is 0. The van der Waals surface area contributed by atoms with Gasteiger partial charge in [-0.1, -0.05) is 6.42 Å². The molecule has 1 amide bonds. The number of nitrogens with two attached hydrogens (primary N) is 1. The van der Waals surface area contributed by atoms with Crippen LogP contribution in [-0.2, 0) is 4.79 Å². The minimum atomic E-state index is -0.417. The van der Waals surface area contributed by atoms with Crippen LogP contribution >= 0.6 is 0 Å². The number of likely N-dealkylation sites (tertiary alicyclic amines) is 1. The molecule has 0 spiro atoms. The zero-order valence-electron chi connectivity index (χ0n) is 9.28. The first-order valence-corrected chi connectivity index (χ1v) is 5.74. The minimum absolute atomic E-state index is 0.00937. The summed E-state index contributed by atoms with van der Waals surface area (Å²) in [5.41, 5.74) is 5.59. The number of hydrogen-bond donors (Lipinski definition) is 2. The molecular formula is C11H20N2O2. The lowest BCUT2D eigenvalue weighted by molar-refractivity contribution is -0.131. The van der Waals surface area contributed by atoms with E-state index in [1.165, 1.54) is 6.42 Å². The molecule has 2 rings (SSSR count). The van der Waals surface area contributed by atoms with Crippen LogP contribution < -0.4 is 5.73 Å². The van der Waals surface area contributed by atoms with Crippen molar-refractivity contribution in [2.24, 2.45) is 17.1 Å². The molecule has 0 aromatic carbocycles. The SMILES string of the molecule is C[C@H](N)C(=O)N1C[C@@H]2CCC[C@]2(CO)C1. The van der Waals surface area contributed by atoms with Crippen molar-refractivity contribution in [3.8, 4) is 0 Å². The van der Waals surface area contributed by atoms with Crippen LogP contribution in [0.4, 0.5) is 0 Å². The molecular weight excluding hydrogens is 192 g/mol. The number of rotatable bonds is 2. The van der Waals surface area contributed by atoms with Crippen LogP contribution in [-0.4, -0.2) is 41.7 Å². The maximum Gasteiger partial charge on any atom is 0.239 e. The highest BCUT2D eigenvalue weighted by atomic mass is 16.3. The van der Waals surface area contributed by atoms with Crippen molar-refractivity contribution in [2.75, 3.05) is 19.7 Å². The molecule has 0 aromatic heterocycles. The highest BCUT2D eigenvalue weighted by Crippen LogP contribution is 2.48. The van der Waals surface area contributed by atoms with Crippen molar-refractivity contribution in [3.05, 3.63) is 0 Å². The van der Waals surface area contributed by atoms with E-state index in [0.717, 1.165) is 19.4 Å². The fraction of sp³-hybridized carbons (Fsp3) is 0.909. The third kappa shape index (κ3) is 1.66. The van der Waals surface area contributed by atoms with Crippen molar-refractivity contribution in [1.82, 2.24) is 4.90 Å². The predicted octanol–water partition coefficient (Wildman–Crippen LogP) is -0.0454. The molecule has 1 aliphatic heterocycles. The first kappa shape index (κ1) is 10.9. The molecule has 86 valence electrons. The fourth-order valence-corrected chi connectivity index (χ4v) is 3.13. The highest BCUT2D eigenvalue weighted by molar-refractivity contribution is 5.81. The zero-order valence-corrected chi connectivity index (χ0v) is 9.28. The predicted molar refractivity (Wildman–Crippen MR) is 57.1 cm³/mol. The average Bonchev–Trinajstić information content (AvgIpc) is 2.72. The number of fused-ring (bicyclic) bond motifs is 1. The summed E-state index contributed by atoms with van der Waals surface area (Å²) in [7, 11) is 0. The number of carbonyl (C=O) groups excluding carboxylic acids is 1. The number of hydrogen-bond acceptors (Lipinski definition) is 3. The average molecular weight is 212 g/mol. The molecule has 3 N–H and O–H groups in total. The summed E-state index contributed by atoms with van der Waals surface area (Å²) in [6.07, 6.45) is 3.38. The van der Waals surface area contributed by atoms with Crippen LogP contribution in [0.25, 0.3) is 0 Å². The van der Waals surface area contributed by atoms with E-state index in [9.17, 15) is 9.90 Å². The van der Waals surface area contributed by atoms with Gasteiger partial charge in [0.15, 0.2) is 0 Å². The van der Waals surface area contributed by atoms with Crippen LogP contribution in [0.1, 0.15) is 26.2 Å². The molecule has 1 heterocycles. The monoisotopic (exact) mass is 212 g/mol. The standard InChI is InChI=1S/C11H20N2O2/c1-8(12)10(15)13-5-9-3-2-4-11(9,6-13)7-14/h8-9,14H,2-7,12H2,1H3/t8-,9-,11+/m0/s1. The lowest BCUT2D eigenvalue weighted by Gasteiger charge is -2.26. The third-order valence-electron chi connectivity index (χ3n) is 4.06. The molecule has 3 atom stereocenters. The Kier molecular flexibility index (Phi) is 2.73. The first-order valence-electron chi connectivity index (χ1n) is 5.74. The topological polar surface area (TPSA) is 66.6 Å². The van der Waals surface area contributed by atoms with Crippen LogP contribution in [0.2, 0.25) is 0 Å².